The molecule has 3 aliphatic carbocycles. The average molecular weight is 478 g/mol. The molecule has 0 saturated heterocycles. The fourth-order valence-electron chi connectivity index (χ4n) is 4.27. The quantitative estimate of drug-likeness (QED) is 0.531. The van der Waals surface area contributed by atoms with Crippen LogP contribution in [0.5, 0.6) is 11.5 Å². The molecule has 0 atom stereocenters. The fourth-order valence-corrected chi connectivity index (χ4v) is 4.39. The second kappa shape index (κ2) is 8.86. The smallest absolute Gasteiger partial charge is 0.356 e. The minimum absolute atomic E-state index is 0.0217. The maximum Gasteiger partial charge on any atom is 0.356 e. The summed E-state index contributed by atoms with van der Waals surface area (Å²) in [7, 11) is 1.26. The lowest BCUT2D eigenvalue weighted by Gasteiger charge is -2.70. The summed E-state index contributed by atoms with van der Waals surface area (Å²) in [4.78, 5) is 39.7. The van der Waals surface area contributed by atoms with Crippen LogP contribution in [-0.4, -0.2) is 54.2 Å². The SMILES string of the molecule is COC(=O)c1ccc(OCC(=O)NC23CC(NC(=O)COc4ccc(Cl)c(F)c4)(C2)C3)cn1. The molecule has 3 fully saturated rings. The standard InChI is InChI=1S/C22H21ClFN3O6/c1-31-20(30)17-5-3-14(7-25-17)33-9-19(29)27-22-10-21(11-22,12-22)26-18(28)8-32-13-2-4-15(23)16(24)6-13/h2-7H,8-12H2,1H3,(H,26,28)(H,27,29). The van der Waals surface area contributed by atoms with Crippen LogP contribution in [-0.2, 0) is 14.3 Å². The number of carbonyl (C=O) groups excluding carboxylic acids is 3. The van der Waals surface area contributed by atoms with Crippen LogP contribution in [0.1, 0.15) is 29.8 Å². The maximum atomic E-state index is 13.4. The Bertz CT molecular complexity index is 1070. The van der Waals surface area contributed by atoms with Crippen LogP contribution in [0.3, 0.4) is 0 Å². The fraction of sp³-hybridized carbons (Fsp3) is 0.364. The van der Waals surface area contributed by atoms with Crippen molar-refractivity contribution in [2.45, 2.75) is 30.3 Å². The lowest BCUT2D eigenvalue weighted by molar-refractivity contribution is -0.151. The highest BCUT2D eigenvalue weighted by Gasteiger charge is 2.69. The van der Waals surface area contributed by atoms with E-state index in [4.69, 9.17) is 21.1 Å². The first-order valence-corrected chi connectivity index (χ1v) is 10.5. The number of aromatic nitrogens is 1. The molecule has 33 heavy (non-hydrogen) atoms. The van der Waals surface area contributed by atoms with Crippen LogP contribution in [0.25, 0.3) is 0 Å². The molecule has 1 heterocycles. The van der Waals surface area contributed by atoms with Crippen molar-refractivity contribution in [2.24, 2.45) is 0 Å². The monoisotopic (exact) mass is 477 g/mol. The molecule has 1 aromatic heterocycles. The third kappa shape index (κ3) is 5.00. The van der Waals surface area contributed by atoms with E-state index in [-0.39, 0.29) is 52.6 Å². The van der Waals surface area contributed by atoms with Crippen LogP contribution < -0.4 is 20.1 Å². The summed E-state index contributed by atoms with van der Waals surface area (Å²) in [5.74, 6) is -1.24. The number of hydrogen-bond acceptors (Lipinski definition) is 7. The van der Waals surface area contributed by atoms with Crippen LogP contribution >= 0.6 is 11.6 Å². The van der Waals surface area contributed by atoms with Crippen LogP contribution in [0.4, 0.5) is 4.39 Å². The molecule has 0 unspecified atom stereocenters. The van der Waals surface area contributed by atoms with Gasteiger partial charge in [-0.05, 0) is 43.5 Å². The van der Waals surface area contributed by atoms with Gasteiger partial charge in [0.1, 0.15) is 23.0 Å². The van der Waals surface area contributed by atoms with E-state index in [9.17, 15) is 18.8 Å². The zero-order chi connectivity index (χ0) is 23.6. The van der Waals surface area contributed by atoms with Gasteiger partial charge in [0.25, 0.3) is 11.8 Å². The molecule has 174 valence electrons. The Balaban J connectivity index is 1.16. The van der Waals surface area contributed by atoms with Crippen LogP contribution in [0.15, 0.2) is 36.5 Å². The van der Waals surface area contributed by atoms with Crippen molar-refractivity contribution < 1.29 is 33.0 Å². The number of esters is 1. The van der Waals surface area contributed by atoms with Crippen molar-refractivity contribution in [3.05, 3.63) is 53.1 Å². The molecule has 2 amide bonds. The predicted octanol–water partition coefficient (Wildman–Crippen LogP) is 2.03. The number of amides is 2. The van der Waals surface area contributed by atoms with Gasteiger partial charge in [-0.25, -0.2) is 14.2 Å². The number of nitrogens with zero attached hydrogens (tertiary/aromatic N) is 1. The number of nitrogens with one attached hydrogen (secondary N) is 2. The van der Waals surface area contributed by atoms with Gasteiger partial charge in [-0.2, -0.15) is 0 Å². The maximum absolute atomic E-state index is 13.4. The molecule has 2 N–H and O–H groups in total. The number of pyridine rings is 1. The summed E-state index contributed by atoms with van der Waals surface area (Å²) in [5.41, 5.74) is -0.560. The molecule has 0 spiro atoms. The first-order chi connectivity index (χ1) is 15.7. The van der Waals surface area contributed by atoms with Gasteiger partial charge in [-0.1, -0.05) is 11.6 Å². The van der Waals surface area contributed by atoms with Gasteiger partial charge < -0.3 is 24.8 Å². The van der Waals surface area contributed by atoms with E-state index in [0.717, 1.165) is 6.07 Å². The third-order valence-electron chi connectivity index (χ3n) is 5.60. The van der Waals surface area contributed by atoms with Crippen molar-refractivity contribution in [1.82, 2.24) is 15.6 Å². The van der Waals surface area contributed by atoms with Crippen molar-refractivity contribution in [3.63, 3.8) is 0 Å². The third-order valence-corrected chi connectivity index (χ3v) is 5.91. The lowest BCUT2D eigenvalue weighted by Crippen LogP contribution is -2.84. The number of benzene rings is 1. The summed E-state index contributed by atoms with van der Waals surface area (Å²) in [6, 6.07) is 6.93. The van der Waals surface area contributed by atoms with Crippen molar-refractivity contribution >= 4 is 29.4 Å². The molecule has 5 rings (SSSR count). The van der Waals surface area contributed by atoms with Gasteiger partial charge in [0.15, 0.2) is 13.2 Å². The molecule has 2 bridgehead atoms. The average Bonchev–Trinajstić information content (AvgIpc) is 2.76. The first-order valence-electron chi connectivity index (χ1n) is 10.1. The number of carbonyl (C=O) groups is 3. The second-order valence-electron chi connectivity index (χ2n) is 8.21. The number of rotatable bonds is 9. The highest BCUT2D eigenvalue weighted by molar-refractivity contribution is 6.30. The molecule has 0 radical (unpaired) electrons. The summed E-state index contributed by atoms with van der Waals surface area (Å²) in [5, 5.41) is 5.84. The number of methoxy groups -OCH3 is 1. The van der Waals surface area contributed by atoms with E-state index in [0.29, 0.717) is 25.0 Å². The molecule has 3 aliphatic rings. The number of halogens is 2. The summed E-state index contributed by atoms with van der Waals surface area (Å²) >= 11 is 5.62. The summed E-state index contributed by atoms with van der Waals surface area (Å²) < 4.78 is 28.7. The minimum atomic E-state index is -0.620. The number of hydrogen-bond donors (Lipinski definition) is 2. The zero-order valence-corrected chi connectivity index (χ0v) is 18.4. The van der Waals surface area contributed by atoms with E-state index in [1.54, 1.807) is 0 Å². The van der Waals surface area contributed by atoms with Gasteiger partial charge >= 0.3 is 5.97 Å². The van der Waals surface area contributed by atoms with Gasteiger partial charge in [-0.15, -0.1) is 0 Å². The van der Waals surface area contributed by atoms with E-state index < -0.39 is 11.8 Å². The molecule has 2 aromatic rings. The topological polar surface area (TPSA) is 116 Å². The van der Waals surface area contributed by atoms with Gasteiger partial charge in [-0.3, -0.25) is 9.59 Å². The van der Waals surface area contributed by atoms with Crippen molar-refractivity contribution in [1.29, 1.82) is 0 Å². The molecule has 0 aliphatic heterocycles. The largest absolute Gasteiger partial charge is 0.484 e. The molecular weight excluding hydrogens is 457 g/mol. The normalized spacial score (nSPS) is 22.3. The van der Waals surface area contributed by atoms with Gasteiger partial charge in [0.05, 0.1) is 18.3 Å². The Morgan fingerprint density at radius 2 is 1.58 bits per heavy atom. The lowest BCUT2D eigenvalue weighted by atomic mass is 9.44. The van der Waals surface area contributed by atoms with Gasteiger partial charge in [0.2, 0.25) is 0 Å². The van der Waals surface area contributed by atoms with Crippen LogP contribution in [0.2, 0.25) is 5.02 Å². The second-order valence-corrected chi connectivity index (χ2v) is 8.62. The van der Waals surface area contributed by atoms with E-state index >= 15 is 0 Å². The first kappa shape index (κ1) is 22.8. The molecule has 1 aromatic carbocycles. The Morgan fingerprint density at radius 3 is 2.09 bits per heavy atom. The van der Waals surface area contributed by atoms with Gasteiger partial charge in [0, 0.05) is 17.1 Å². The van der Waals surface area contributed by atoms with Crippen LogP contribution in [0, 0.1) is 5.82 Å². The molecule has 11 heteroatoms. The summed E-state index contributed by atoms with van der Waals surface area (Å²) in [6.07, 6.45) is 3.18. The Morgan fingerprint density at radius 1 is 1.00 bits per heavy atom. The molecule has 3 saturated carbocycles. The zero-order valence-electron chi connectivity index (χ0n) is 17.7. The van der Waals surface area contributed by atoms with Crippen molar-refractivity contribution in [3.8, 4) is 11.5 Å². The highest BCUT2D eigenvalue weighted by Crippen LogP contribution is 2.60. The summed E-state index contributed by atoms with van der Waals surface area (Å²) in [6.45, 7) is -0.454. The number of ether oxygens (including phenoxy) is 3. The van der Waals surface area contributed by atoms with E-state index in [1.165, 1.54) is 37.6 Å². The highest BCUT2D eigenvalue weighted by atomic mass is 35.5. The Labute approximate surface area is 193 Å². The Hall–Kier alpha value is -3.40. The molecule has 9 nitrogen and oxygen atoms in total. The van der Waals surface area contributed by atoms with E-state index in [2.05, 4.69) is 20.4 Å². The molecular formula is C22H21ClFN3O6. The Kier molecular flexibility index (Phi) is 6.11. The minimum Gasteiger partial charge on any atom is -0.484 e. The van der Waals surface area contributed by atoms with Crippen molar-refractivity contribution in [2.75, 3.05) is 20.3 Å². The predicted molar refractivity (Wildman–Crippen MR) is 114 cm³/mol. The van der Waals surface area contributed by atoms with E-state index in [1.807, 2.05) is 0 Å².